The number of nitrogens with zero attached hydrogens (tertiary/aromatic N) is 2. The van der Waals surface area contributed by atoms with Crippen molar-refractivity contribution < 1.29 is 13.2 Å². The molecular weight excluding hydrogens is 376 g/mol. The van der Waals surface area contributed by atoms with Crippen molar-refractivity contribution in [1.82, 2.24) is 19.4 Å². The second-order valence-corrected chi connectivity index (χ2v) is 8.37. The predicted octanol–water partition coefficient (Wildman–Crippen LogP) is 2.38. The number of carbonyl (C=O) groups excluding carboxylic acids is 1. The summed E-state index contributed by atoms with van der Waals surface area (Å²) < 4.78 is 29.1. The zero-order valence-electron chi connectivity index (χ0n) is 15.9. The van der Waals surface area contributed by atoms with E-state index in [1.54, 1.807) is 0 Å². The van der Waals surface area contributed by atoms with Gasteiger partial charge in [0.15, 0.2) is 0 Å². The molecule has 0 aliphatic heterocycles. The number of fused-ring (bicyclic) bond motifs is 1. The molecule has 28 heavy (non-hydrogen) atoms. The minimum absolute atomic E-state index is 0.146. The van der Waals surface area contributed by atoms with Gasteiger partial charge in [-0.1, -0.05) is 13.0 Å². The number of nitrogens with one attached hydrogen (secondary N) is 2. The molecule has 0 spiro atoms. The Morgan fingerprint density at radius 1 is 1.18 bits per heavy atom. The first-order valence-corrected chi connectivity index (χ1v) is 10.7. The van der Waals surface area contributed by atoms with Gasteiger partial charge in [-0.05, 0) is 49.7 Å². The number of carbonyl (C=O) groups is 1. The van der Waals surface area contributed by atoms with Crippen LogP contribution in [-0.2, 0) is 16.4 Å². The summed E-state index contributed by atoms with van der Waals surface area (Å²) in [6.45, 7) is 4.16. The van der Waals surface area contributed by atoms with E-state index in [0.29, 0.717) is 24.9 Å². The van der Waals surface area contributed by atoms with Gasteiger partial charge >= 0.3 is 0 Å². The van der Waals surface area contributed by atoms with Crippen molar-refractivity contribution in [3.05, 3.63) is 66.1 Å². The van der Waals surface area contributed by atoms with Crippen molar-refractivity contribution in [2.45, 2.75) is 37.6 Å². The first-order chi connectivity index (χ1) is 13.4. The molecule has 0 aliphatic carbocycles. The fourth-order valence-corrected chi connectivity index (χ4v) is 4.04. The first kappa shape index (κ1) is 20.0. The zero-order chi connectivity index (χ0) is 20.1. The highest BCUT2D eigenvalue weighted by Crippen LogP contribution is 2.12. The maximum absolute atomic E-state index is 12.3. The van der Waals surface area contributed by atoms with Crippen LogP contribution in [0.5, 0.6) is 0 Å². The minimum Gasteiger partial charge on any atom is -0.352 e. The average Bonchev–Trinajstić information content (AvgIpc) is 3.10. The van der Waals surface area contributed by atoms with Gasteiger partial charge in [-0.2, -0.15) is 0 Å². The largest absolute Gasteiger partial charge is 0.352 e. The van der Waals surface area contributed by atoms with E-state index in [4.69, 9.17) is 0 Å². The van der Waals surface area contributed by atoms with Crippen molar-refractivity contribution in [3.63, 3.8) is 0 Å². The standard InChI is InChI=1S/C20H24N4O3S/c1-3-15(2)23-28(26,27)18-9-7-16(8-10-18)20(25)21-12-11-17-14-24-13-5-4-6-19(24)22-17/h4-10,13-15,23H,3,11-12H2,1-2H3,(H,21,25). The van der Waals surface area contributed by atoms with Gasteiger partial charge in [-0.15, -0.1) is 0 Å². The number of sulfonamides is 1. The van der Waals surface area contributed by atoms with Crippen molar-refractivity contribution in [2.24, 2.45) is 0 Å². The summed E-state index contributed by atoms with van der Waals surface area (Å²) in [5.41, 5.74) is 2.17. The molecular formula is C20H24N4O3S. The number of aromatic nitrogens is 2. The molecule has 1 unspecified atom stereocenters. The Hall–Kier alpha value is -2.71. The summed E-state index contributed by atoms with van der Waals surface area (Å²) in [6, 6.07) is 11.6. The van der Waals surface area contributed by atoms with Crippen LogP contribution >= 0.6 is 0 Å². The molecule has 148 valence electrons. The Balaban J connectivity index is 1.57. The molecule has 2 N–H and O–H groups in total. The lowest BCUT2D eigenvalue weighted by Crippen LogP contribution is -2.32. The topological polar surface area (TPSA) is 92.6 Å². The van der Waals surface area contributed by atoms with Gasteiger partial charge in [0.2, 0.25) is 10.0 Å². The third-order valence-corrected chi connectivity index (χ3v) is 6.08. The molecule has 0 bridgehead atoms. The second-order valence-electron chi connectivity index (χ2n) is 6.66. The summed E-state index contributed by atoms with van der Waals surface area (Å²) in [6.07, 6.45) is 5.17. The Morgan fingerprint density at radius 3 is 2.61 bits per heavy atom. The molecule has 7 nitrogen and oxygen atoms in total. The van der Waals surface area contributed by atoms with Crippen LogP contribution in [0.1, 0.15) is 36.3 Å². The van der Waals surface area contributed by atoms with Crippen LogP contribution in [0.4, 0.5) is 0 Å². The van der Waals surface area contributed by atoms with E-state index in [1.807, 2.05) is 48.8 Å². The van der Waals surface area contributed by atoms with Gasteiger partial charge < -0.3 is 9.72 Å². The van der Waals surface area contributed by atoms with Crippen molar-refractivity contribution in [3.8, 4) is 0 Å². The molecule has 0 aliphatic rings. The van der Waals surface area contributed by atoms with Gasteiger partial charge in [0.25, 0.3) is 5.91 Å². The molecule has 0 saturated carbocycles. The maximum Gasteiger partial charge on any atom is 0.251 e. The number of imidazole rings is 1. The third kappa shape index (κ3) is 4.76. The van der Waals surface area contributed by atoms with Crippen LogP contribution < -0.4 is 10.0 Å². The molecule has 1 aromatic carbocycles. The minimum atomic E-state index is -3.57. The molecule has 1 amide bonds. The van der Waals surface area contributed by atoms with E-state index in [-0.39, 0.29) is 16.8 Å². The van der Waals surface area contributed by atoms with Gasteiger partial charge in [0.05, 0.1) is 10.6 Å². The van der Waals surface area contributed by atoms with E-state index in [0.717, 1.165) is 11.3 Å². The molecule has 3 rings (SSSR count). The highest BCUT2D eigenvalue weighted by molar-refractivity contribution is 7.89. The quantitative estimate of drug-likeness (QED) is 0.607. The summed E-state index contributed by atoms with van der Waals surface area (Å²) in [5.74, 6) is -0.248. The van der Waals surface area contributed by atoms with Crippen molar-refractivity contribution >= 4 is 21.6 Å². The fourth-order valence-electron chi connectivity index (χ4n) is 2.72. The summed E-state index contributed by atoms with van der Waals surface area (Å²) >= 11 is 0. The van der Waals surface area contributed by atoms with E-state index >= 15 is 0 Å². The monoisotopic (exact) mass is 400 g/mol. The normalized spacial score (nSPS) is 12.8. The average molecular weight is 401 g/mol. The number of hydrogen-bond donors (Lipinski definition) is 2. The van der Waals surface area contributed by atoms with Crippen LogP contribution in [0.25, 0.3) is 5.65 Å². The lowest BCUT2D eigenvalue weighted by molar-refractivity contribution is 0.0954. The highest BCUT2D eigenvalue weighted by Gasteiger charge is 2.17. The smallest absolute Gasteiger partial charge is 0.251 e. The van der Waals surface area contributed by atoms with E-state index in [9.17, 15) is 13.2 Å². The highest BCUT2D eigenvalue weighted by atomic mass is 32.2. The van der Waals surface area contributed by atoms with Crippen LogP contribution in [0.3, 0.4) is 0 Å². The van der Waals surface area contributed by atoms with Crippen LogP contribution in [0.15, 0.2) is 59.8 Å². The molecule has 0 radical (unpaired) electrons. The lowest BCUT2D eigenvalue weighted by atomic mass is 10.2. The SMILES string of the molecule is CCC(C)NS(=O)(=O)c1ccc(C(=O)NCCc2cn3ccccc3n2)cc1. The maximum atomic E-state index is 12.3. The Bertz CT molecular complexity index is 1030. The van der Waals surface area contributed by atoms with Crippen molar-refractivity contribution in [1.29, 1.82) is 0 Å². The molecule has 1 atom stereocenters. The second kappa shape index (κ2) is 8.53. The number of benzene rings is 1. The lowest BCUT2D eigenvalue weighted by Gasteiger charge is -2.12. The summed E-state index contributed by atoms with van der Waals surface area (Å²) in [7, 11) is -3.57. The molecule has 8 heteroatoms. The van der Waals surface area contributed by atoms with Crippen molar-refractivity contribution in [2.75, 3.05) is 6.54 Å². The number of pyridine rings is 1. The number of amides is 1. The predicted molar refractivity (Wildman–Crippen MR) is 108 cm³/mol. The molecule has 2 heterocycles. The summed E-state index contributed by atoms with van der Waals surface area (Å²) in [4.78, 5) is 16.9. The Labute approximate surface area is 164 Å². The number of hydrogen-bond acceptors (Lipinski definition) is 4. The van der Waals surface area contributed by atoms with E-state index in [2.05, 4.69) is 15.0 Å². The first-order valence-electron chi connectivity index (χ1n) is 9.22. The zero-order valence-corrected chi connectivity index (χ0v) is 16.7. The Morgan fingerprint density at radius 2 is 1.93 bits per heavy atom. The Kier molecular flexibility index (Phi) is 6.11. The van der Waals surface area contributed by atoms with Crippen LogP contribution in [-0.4, -0.2) is 36.3 Å². The molecule has 2 aromatic heterocycles. The molecule has 0 fully saturated rings. The van der Waals surface area contributed by atoms with Gasteiger partial charge in [-0.25, -0.2) is 18.1 Å². The van der Waals surface area contributed by atoms with E-state index < -0.39 is 10.0 Å². The molecule has 3 aromatic rings. The summed E-state index contributed by atoms with van der Waals surface area (Å²) in [5, 5.41) is 2.84. The molecule has 0 saturated heterocycles. The van der Waals surface area contributed by atoms with E-state index in [1.165, 1.54) is 24.3 Å². The van der Waals surface area contributed by atoms with Crippen LogP contribution in [0.2, 0.25) is 0 Å². The van der Waals surface area contributed by atoms with Gasteiger partial charge in [0.1, 0.15) is 5.65 Å². The fraction of sp³-hybridized carbons (Fsp3) is 0.300. The number of rotatable bonds is 8. The van der Waals surface area contributed by atoms with Gasteiger partial charge in [-0.3, -0.25) is 4.79 Å². The van der Waals surface area contributed by atoms with Crippen LogP contribution in [0, 0.1) is 0 Å². The third-order valence-electron chi connectivity index (χ3n) is 4.48. The van der Waals surface area contributed by atoms with Gasteiger partial charge in [0, 0.05) is 37.0 Å².